The molecular weight excluding hydrogens is 1540 g/mol. The van der Waals surface area contributed by atoms with Crippen LogP contribution in [0.15, 0.2) is 106 Å². The lowest BCUT2D eigenvalue weighted by molar-refractivity contribution is -0.142. The van der Waals surface area contributed by atoms with Gasteiger partial charge in [0.25, 0.3) is 0 Å². The Labute approximate surface area is 695 Å². The number of hydrogen-bond acceptors (Lipinski definition) is 19. The summed E-state index contributed by atoms with van der Waals surface area (Å²) in [5.74, 6) is -21.5. The molecule has 22 N–H and O–H groups in total. The number of hydrogen-bond donors (Lipinski definition) is 15. The van der Waals surface area contributed by atoms with E-state index in [0.717, 1.165) is 11.8 Å². The fourth-order valence-electron chi connectivity index (χ4n) is 13.8. The van der Waals surface area contributed by atoms with Crippen LogP contribution in [0.5, 0.6) is 0 Å². The van der Waals surface area contributed by atoms with E-state index in [4.69, 9.17) is 40.1 Å². The number of aliphatic carboxylic acids is 1. The molecular formula is C84H125N17O16S. The highest BCUT2D eigenvalue weighted by atomic mass is 32.2. The number of rotatable bonds is 30. The molecule has 8 amide bonds. The van der Waals surface area contributed by atoms with E-state index in [1.807, 2.05) is 13.8 Å². The van der Waals surface area contributed by atoms with Gasteiger partial charge in [0, 0.05) is 106 Å². The van der Waals surface area contributed by atoms with Crippen molar-refractivity contribution in [2.75, 3.05) is 31.1 Å². The van der Waals surface area contributed by atoms with Gasteiger partial charge in [-0.15, -0.1) is 11.8 Å². The van der Waals surface area contributed by atoms with E-state index in [1.54, 1.807) is 133 Å². The van der Waals surface area contributed by atoms with Crippen LogP contribution in [0.4, 0.5) is 0 Å². The molecule has 1 saturated heterocycles. The van der Waals surface area contributed by atoms with E-state index >= 15 is 28.8 Å². The van der Waals surface area contributed by atoms with Crippen LogP contribution in [-0.2, 0) is 91.2 Å². The molecule has 33 nitrogen and oxygen atoms in total. The molecule has 1 aliphatic heterocycles. The molecule has 118 heavy (non-hydrogen) atoms. The van der Waals surface area contributed by atoms with Gasteiger partial charge in [0.2, 0.25) is 47.3 Å². The number of ketones is 6. The number of nitrogens with zero attached hydrogens (tertiary/aromatic N) is 3. The number of carboxylic acid groups (broad SMARTS) is 1. The minimum absolute atomic E-state index is 0.00430. The quantitative estimate of drug-likeness (QED) is 0.0259. The van der Waals surface area contributed by atoms with Gasteiger partial charge in [0.1, 0.15) is 29.7 Å². The molecule has 0 unspecified atom stereocenters. The Balaban J connectivity index is 1.98. The van der Waals surface area contributed by atoms with Gasteiger partial charge < -0.3 is 82.5 Å². The average Bonchev–Trinajstić information content (AvgIpc) is 0.839. The highest BCUT2D eigenvalue weighted by Gasteiger charge is 2.41. The van der Waals surface area contributed by atoms with Crippen molar-refractivity contribution in [1.82, 2.24) is 37.2 Å². The van der Waals surface area contributed by atoms with E-state index in [-0.39, 0.29) is 114 Å². The molecule has 648 valence electrons. The van der Waals surface area contributed by atoms with Crippen LogP contribution in [0, 0.1) is 53.3 Å². The maximum Gasteiger partial charge on any atom is 0.305 e. The van der Waals surface area contributed by atoms with Crippen LogP contribution < -0.4 is 77.4 Å². The maximum absolute atomic E-state index is 15.1. The first-order valence-corrected chi connectivity index (χ1v) is 41.7. The summed E-state index contributed by atoms with van der Waals surface area (Å²) in [6.45, 7) is 13.8. The molecule has 0 aromatic heterocycles. The third-order valence-electron chi connectivity index (χ3n) is 21.2. The molecule has 0 bridgehead atoms. The van der Waals surface area contributed by atoms with Crippen LogP contribution in [0.3, 0.4) is 0 Å². The van der Waals surface area contributed by atoms with E-state index < -0.39 is 228 Å². The number of nitrogens with two attached hydrogens (primary N) is 7. The number of benzene rings is 3. The zero-order chi connectivity index (χ0) is 87.7. The Bertz CT molecular complexity index is 3950. The first-order chi connectivity index (χ1) is 55.9. The fourth-order valence-corrected chi connectivity index (χ4v) is 14.7. The van der Waals surface area contributed by atoms with Crippen molar-refractivity contribution >= 4 is 118 Å². The molecule has 1 aliphatic rings. The van der Waals surface area contributed by atoms with Gasteiger partial charge >= 0.3 is 5.97 Å². The number of carbonyl (C=O) groups is 15. The van der Waals surface area contributed by atoms with Gasteiger partial charge in [-0.25, -0.2) is 0 Å². The standard InChI is InChI=1S/C84H125N17O16S/c1-9-50(7)59-44-68(104)57(48(3)4)42-71(107)75(51(8)10-2)101-77(113)56(37-52-23-14-11-15-24-52)41-69(105)62(38-53-25-16-12-17-26-53)95-73(109)47-118-46-65(66(102)32-33-72(85)108)100-79(115)61(31-22-36-94-84(90)91)97-80(116)63(39-54-27-18-13-19-28-54)99-78(114)58(49(5)6)43-70(106)60(30-21-35-93-83(88)89)96-81(117)64(45-74(110)111)98-76(112)55(40-67(59)103)29-20-34-92-82(86)87/h11-19,23-28,48-51,55-65,75H,9-10,20-22,29-47H2,1-8H3,(H2,85,108)(H,95,109)(H,96,117)(H,97,116)(H,98,112)(H,99,114)(H,100,115)(H,101,113)(H,110,111)(H4,86,87,92)(H4,88,89,93)(H4,90,91,94)/t50-,51-,55+,56+,57-,58-,59-,60-,61-,62-,63-,64-,65-,75-/m0/s1. The topological polar surface area (TPSA) is 580 Å². The molecule has 1 fully saturated rings. The fraction of sp³-hybridized carbons (Fsp3) is 0.571. The van der Waals surface area contributed by atoms with Crippen molar-refractivity contribution in [3.63, 3.8) is 0 Å². The van der Waals surface area contributed by atoms with Crippen molar-refractivity contribution in [3.05, 3.63) is 108 Å². The molecule has 0 spiro atoms. The second kappa shape index (κ2) is 52.0. The Morgan fingerprint density at radius 2 is 0.847 bits per heavy atom. The number of Topliss-reactive ketones (excluding diaryl/α,β-unsaturated/α-hetero) is 6. The van der Waals surface area contributed by atoms with Gasteiger partial charge in [-0.2, -0.15) is 0 Å². The third kappa shape index (κ3) is 36.3. The second-order valence-electron chi connectivity index (χ2n) is 31.2. The van der Waals surface area contributed by atoms with Gasteiger partial charge in [-0.3, -0.25) is 86.9 Å². The van der Waals surface area contributed by atoms with Gasteiger partial charge in [0.05, 0.1) is 36.3 Å². The largest absolute Gasteiger partial charge is 0.481 e. The summed E-state index contributed by atoms with van der Waals surface area (Å²) in [6, 6.07) is 15.7. The Kier molecular flexibility index (Phi) is 43.8. The van der Waals surface area contributed by atoms with E-state index in [0.29, 0.717) is 29.5 Å². The third-order valence-corrected chi connectivity index (χ3v) is 22.2. The normalized spacial score (nSPS) is 23.5. The van der Waals surface area contributed by atoms with Crippen LogP contribution >= 0.6 is 11.8 Å². The molecule has 3 aromatic carbocycles. The molecule has 4 rings (SSSR count). The minimum atomic E-state index is -1.91. The van der Waals surface area contributed by atoms with Crippen molar-refractivity contribution < 1.29 is 77.0 Å². The molecule has 0 radical (unpaired) electrons. The van der Waals surface area contributed by atoms with Crippen molar-refractivity contribution in [2.45, 2.75) is 220 Å². The summed E-state index contributed by atoms with van der Waals surface area (Å²) < 4.78 is 0. The number of nitrogens with one attached hydrogen (secondary N) is 7. The summed E-state index contributed by atoms with van der Waals surface area (Å²) in [7, 11) is 0. The van der Waals surface area contributed by atoms with E-state index in [1.165, 1.54) is 0 Å². The lowest BCUT2D eigenvalue weighted by atomic mass is 9.75. The van der Waals surface area contributed by atoms with Crippen molar-refractivity contribution in [1.29, 1.82) is 0 Å². The van der Waals surface area contributed by atoms with E-state index in [9.17, 15) is 48.3 Å². The highest BCUT2D eigenvalue weighted by Crippen LogP contribution is 2.31. The van der Waals surface area contributed by atoms with Gasteiger partial charge in [-0.05, 0) is 91.7 Å². The number of primary amides is 1. The van der Waals surface area contributed by atoms with Crippen molar-refractivity contribution in [3.8, 4) is 0 Å². The lowest BCUT2D eigenvalue weighted by Crippen LogP contribution is -2.57. The molecule has 0 saturated carbocycles. The Hall–Kier alpha value is -10.9. The van der Waals surface area contributed by atoms with Gasteiger partial charge in [-0.1, -0.05) is 159 Å². The summed E-state index contributed by atoms with van der Waals surface area (Å²) in [5, 5.41) is 29.4. The Morgan fingerprint density at radius 1 is 0.424 bits per heavy atom. The predicted molar refractivity (Wildman–Crippen MR) is 451 cm³/mol. The number of amides is 8. The lowest BCUT2D eigenvalue weighted by Gasteiger charge is -2.30. The highest BCUT2D eigenvalue weighted by molar-refractivity contribution is 8.00. The molecule has 1 heterocycles. The molecule has 3 aromatic rings. The summed E-state index contributed by atoms with van der Waals surface area (Å²) in [6.07, 6.45) is -4.08. The maximum atomic E-state index is 15.1. The minimum Gasteiger partial charge on any atom is -0.481 e. The molecule has 0 aliphatic carbocycles. The number of carbonyl (C=O) groups excluding carboxylic acids is 14. The van der Waals surface area contributed by atoms with Gasteiger partial charge in [0.15, 0.2) is 41.0 Å². The van der Waals surface area contributed by atoms with E-state index in [2.05, 4.69) is 52.2 Å². The average molecular weight is 1660 g/mol. The van der Waals surface area contributed by atoms with Crippen LogP contribution in [0.25, 0.3) is 0 Å². The van der Waals surface area contributed by atoms with Crippen LogP contribution in [-0.4, -0.2) is 184 Å². The zero-order valence-electron chi connectivity index (χ0n) is 69.2. The number of carboxylic acids is 1. The first kappa shape index (κ1) is 99.4. The summed E-state index contributed by atoms with van der Waals surface area (Å²) >= 11 is 0.884. The summed E-state index contributed by atoms with van der Waals surface area (Å²) in [5.41, 5.74) is 41.2. The Morgan fingerprint density at radius 3 is 1.36 bits per heavy atom. The number of guanidine groups is 3. The zero-order valence-corrected chi connectivity index (χ0v) is 70.0. The first-order valence-electron chi connectivity index (χ1n) is 40.5. The second-order valence-corrected chi connectivity index (χ2v) is 32.2. The molecule has 34 heteroatoms. The number of thioether (sulfide) groups is 1. The molecule has 14 atom stereocenters. The SMILES string of the molecule is CC[C@H](C)[C@@H]1CC(=O)[C@H](C(C)C)CC(=O)[C@H]([C@@H](C)CC)NC(=O)[C@H](Cc2ccccc2)CC(=O)[C@H](Cc2ccccc2)NC(=O)CSC[C@@H](C(=O)CCC(N)=O)NC(=O)[C@H](CCCN=C(N)N)NC(=O)[C@H](Cc2ccccc2)NC(=O)[C@H](C(C)C)CC(=O)[C@H](CCCN=C(N)N)NC(=O)[C@H](CC(=O)O)NC(=O)[C@H](CCCN=C(N)N)CC1=O. The van der Waals surface area contributed by atoms with Crippen molar-refractivity contribution in [2.24, 2.45) is 108 Å². The predicted octanol–water partition coefficient (Wildman–Crippen LogP) is 2.61. The van der Waals surface area contributed by atoms with Crippen LogP contribution in [0.2, 0.25) is 0 Å². The number of aliphatic imine (C=N–C) groups is 3. The summed E-state index contributed by atoms with van der Waals surface area (Å²) in [4.78, 5) is 230. The smallest absolute Gasteiger partial charge is 0.305 e. The monoisotopic (exact) mass is 1660 g/mol. The van der Waals surface area contributed by atoms with Crippen LogP contribution in [0.1, 0.15) is 175 Å².